The van der Waals surface area contributed by atoms with Crippen molar-refractivity contribution >= 4 is 22.9 Å². The number of aromatic nitrogens is 2. The molecule has 3 aromatic rings. The lowest BCUT2D eigenvalue weighted by molar-refractivity contribution is 0.102. The molecule has 3 N–H and O–H groups in total. The van der Waals surface area contributed by atoms with Crippen LogP contribution in [0.2, 0.25) is 0 Å². The molecule has 0 aliphatic carbocycles. The number of carbonyl (C=O) groups excluding carboxylic acids is 1. The number of benzene rings is 1. The van der Waals surface area contributed by atoms with Gasteiger partial charge in [-0.1, -0.05) is 12.1 Å². The van der Waals surface area contributed by atoms with Gasteiger partial charge in [0.05, 0.1) is 23.1 Å². The SMILES string of the molecule is CCOCCCn1c(NC(=O)c2coc(CN)c2)nc2ccccc21. The van der Waals surface area contributed by atoms with Crippen molar-refractivity contribution in [1.82, 2.24) is 9.55 Å². The van der Waals surface area contributed by atoms with Crippen LogP contribution in [0.5, 0.6) is 0 Å². The largest absolute Gasteiger partial charge is 0.467 e. The molecule has 7 nitrogen and oxygen atoms in total. The van der Waals surface area contributed by atoms with Gasteiger partial charge in [0.25, 0.3) is 5.91 Å². The third-order valence-electron chi connectivity index (χ3n) is 3.87. The molecule has 3 rings (SSSR count). The van der Waals surface area contributed by atoms with E-state index in [1.54, 1.807) is 6.07 Å². The number of ether oxygens (including phenoxy) is 1. The van der Waals surface area contributed by atoms with Crippen molar-refractivity contribution in [3.8, 4) is 0 Å². The Balaban J connectivity index is 1.82. The summed E-state index contributed by atoms with van der Waals surface area (Å²) in [7, 11) is 0. The quantitative estimate of drug-likeness (QED) is 0.614. The van der Waals surface area contributed by atoms with E-state index in [4.69, 9.17) is 14.9 Å². The van der Waals surface area contributed by atoms with E-state index in [0.717, 1.165) is 17.5 Å². The second-order valence-electron chi connectivity index (χ2n) is 5.59. The average Bonchev–Trinajstić information content (AvgIpc) is 3.23. The smallest absolute Gasteiger partial charge is 0.261 e. The second kappa shape index (κ2) is 7.96. The van der Waals surface area contributed by atoms with Gasteiger partial charge in [-0.3, -0.25) is 10.1 Å². The number of nitrogens with zero attached hydrogens (tertiary/aromatic N) is 2. The van der Waals surface area contributed by atoms with Crippen LogP contribution in [-0.2, 0) is 17.8 Å². The second-order valence-corrected chi connectivity index (χ2v) is 5.59. The minimum absolute atomic E-state index is 0.253. The van der Waals surface area contributed by atoms with Crippen LogP contribution in [0.4, 0.5) is 5.95 Å². The highest BCUT2D eigenvalue weighted by Crippen LogP contribution is 2.21. The highest BCUT2D eigenvalue weighted by atomic mass is 16.5. The highest BCUT2D eigenvalue weighted by molar-refractivity contribution is 6.04. The summed E-state index contributed by atoms with van der Waals surface area (Å²) in [4.78, 5) is 17.0. The summed E-state index contributed by atoms with van der Waals surface area (Å²) in [5, 5.41) is 2.87. The molecule has 0 saturated carbocycles. The summed E-state index contributed by atoms with van der Waals surface area (Å²) < 4.78 is 12.6. The Kier molecular flexibility index (Phi) is 5.47. The topological polar surface area (TPSA) is 95.3 Å². The molecule has 2 heterocycles. The number of imidazole rings is 1. The molecule has 0 aliphatic rings. The average molecular weight is 342 g/mol. The zero-order valence-corrected chi connectivity index (χ0v) is 14.2. The molecule has 7 heteroatoms. The molecule has 1 aromatic carbocycles. The van der Waals surface area contributed by atoms with Gasteiger partial charge in [0, 0.05) is 19.8 Å². The number of nitrogens with one attached hydrogen (secondary N) is 1. The molecular formula is C18H22N4O3. The maximum absolute atomic E-state index is 12.5. The lowest BCUT2D eigenvalue weighted by Gasteiger charge is -2.09. The van der Waals surface area contributed by atoms with Crippen molar-refractivity contribution < 1.29 is 13.9 Å². The summed E-state index contributed by atoms with van der Waals surface area (Å²) in [5.41, 5.74) is 7.75. The molecule has 0 bridgehead atoms. The molecule has 25 heavy (non-hydrogen) atoms. The number of amides is 1. The van der Waals surface area contributed by atoms with Gasteiger partial charge in [0.1, 0.15) is 12.0 Å². The zero-order chi connectivity index (χ0) is 17.6. The molecule has 0 fully saturated rings. The van der Waals surface area contributed by atoms with Gasteiger partial charge >= 0.3 is 0 Å². The van der Waals surface area contributed by atoms with Gasteiger partial charge in [0.15, 0.2) is 0 Å². The molecule has 0 saturated heterocycles. The van der Waals surface area contributed by atoms with Gasteiger partial charge in [-0.05, 0) is 31.5 Å². The molecule has 0 atom stereocenters. The fourth-order valence-corrected chi connectivity index (χ4v) is 2.65. The Morgan fingerprint density at radius 2 is 2.24 bits per heavy atom. The molecule has 2 aromatic heterocycles. The maximum Gasteiger partial charge on any atom is 0.261 e. The standard InChI is InChI=1S/C18H22N4O3/c1-2-24-9-5-8-22-16-7-4-3-6-15(16)20-18(22)21-17(23)13-10-14(11-19)25-12-13/h3-4,6-7,10,12H,2,5,8-9,11,19H2,1H3,(H,20,21,23). The fourth-order valence-electron chi connectivity index (χ4n) is 2.65. The Bertz CT molecular complexity index is 853. The molecule has 0 spiro atoms. The van der Waals surface area contributed by atoms with Crippen LogP contribution >= 0.6 is 0 Å². The molecule has 132 valence electrons. The summed E-state index contributed by atoms with van der Waals surface area (Å²) in [6.45, 7) is 4.29. The first-order chi connectivity index (χ1) is 12.2. The third-order valence-corrected chi connectivity index (χ3v) is 3.87. The predicted octanol–water partition coefficient (Wildman–Crippen LogP) is 2.77. The van der Waals surface area contributed by atoms with Gasteiger partial charge in [-0.2, -0.15) is 0 Å². The van der Waals surface area contributed by atoms with E-state index in [1.807, 2.05) is 35.8 Å². The fraction of sp³-hybridized carbons (Fsp3) is 0.333. The minimum Gasteiger partial charge on any atom is -0.467 e. The number of fused-ring (bicyclic) bond motifs is 1. The van der Waals surface area contributed by atoms with E-state index < -0.39 is 0 Å². The van der Waals surface area contributed by atoms with E-state index in [-0.39, 0.29) is 12.5 Å². The summed E-state index contributed by atoms with van der Waals surface area (Å²) >= 11 is 0. The molecular weight excluding hydrogens is 320 g/mol. The number of hydrogen-bond donors (Lipinski definition) is 2. The molecule has 1 amide bonds. The first-order valence-corrected chi connectivity index (χ1v) is 8.34. The third kappa shape index (κ3) is 3.89. The molecule has 0 aliphatic heterocycles. The first-order valence-electron chi connectivity index (χ1n) is 8.34. The van der Waals surface area contributed by atoms with Crippen LogP contribution in [0, 0.1) is 0 Å². The normalized spacial score (nSPS) is 11.1. The predicted molar refractivity (Wildman–Crippen MR) is 95.4 cm³/mol. The Morgan fingerprint density at radius 3 is 3.00 bits per heavy atom. The number of rotatable bonds is 8. The van der Waals surface area contributed by atoms with E-state index in [2.05, 4.69) is 10.3 Å². The summed E-state index contributed by atoms with van der Waals surface area (Å²) in [6.07, 6.45) is 2.24. The van der Waals surface area contributed by atoms with Crippen molar-refractivity contribution in [2.45, 2.75) is 26.4 Å². The number of hydrogen-bond acceptors (Lipinski definition) is 5. The van der Waals surface area contributed by atoms with Crippen LogP contribution in [0.25, 0.3) is 11.0 Å². The van der Waals surface area contributed by atoms with E-state index in [1.165, 1.54) is 6.26 Å². The monoisotopic (exact) mass is 342 g/mol. The first kappa shape index (κ1) is 17.2. The van der Waals surface area contributed by atoms with Crippen LogP contribution < -0.4 is 11.1 Å². The Morgan fingerprint density at radius 1 is 1.40 bits per heavy atom. The van der Waals surface area contributed by atoms with Crippen molar-refractivity contribution in [3.05, 3.63) is 47.9 Å². The van der Waals surface area contributed by atoms with Crippen LogP contribution in [0.15, 0.2) is 41.0 Å². The molecule has 0 radical (unpaired) electrons. The van der Waals surface area contributed by atoms with E-state index in [9.17, 15) is 4.79 Å². The number of carbonyl (C=O) groups is 1. The van der Waals surface area contributed by atoms with Crippen LogP contribution in [0.1, 0.15) is 29.5 Å². The van der Waals surface area contributed by atoms with Gasteiger partial charge in [0.2, 0.25) is 5.95 Å². The van der Waals surface area contributed by atoms with Crippen LogP contribution in [0.3, 0.4) is 0 Å². The number of anilines is 1. The number of aryl methyl sites for hydroxylation is 1. The number of nitrogens with two attached hydrogens (primary N) is 1. The minimum atomic E-state index is -0.273. The van der Waals surface area contributed by atoms with Gasteiger partial charge in [-0.25, -0.2) is 4.98 Å². The Labute approximate surface area is 145 Å². The zero-order valence-electron chi connectivity index (χ0n) is 14.2. The van der Waals surface area contributed by atoms with E-state index in [0.29, 0.717) is 37.0 Å². The lowest BCUT2D eigenvalue weighted by Crippen LogP contribution is -2.16. The van der Waals surface area contributed by atoms with Crippen LogP contribution in [-0.4, -0.2) is 28.7 Å². The Hall–Kier alpha value is -2.64. The van der Waals surface area contributed by atoms with Crippen molar-refractivity contribution in [3.63, 3.8) is 0 Å². The lowest BCUT2D eigenvalue weighted by atomic mass is 10.3. The van der Waals surface area contributed by atoms with Crippen molar-refractivity contribution in [2.75, 3.05) is 18.5 Å². The van der Waals surface area contributed by atoms with Gasteiger partial charge < -0.3 is 19.5 Å². The number of para-hydroxylation sites is 2. The maximum atomic E-state index is 12.5. The van der Waals surface area contributed by atoms with Crippen molar-refractivity contribution in [2.24, 2.45) is 5.73 Å². The molecule has 0 unspecified atom stereocenters. The summed E-state index contributed by atoms with van der Waals surface area (Å²) in [6, 6.07) is 9.43. The highest BCUT2D eigenvalue weighted by Gasteiger charge is 2.15. The summed E-state index contributed by atoms with van der Waals surface area (Å²) in [5.74, 6) is 0.804. The van der Waals surface area contributed by atoms with Crippen molar-refractivity contribution in [1.29, 1.82) is 0 Å². The van der Waals surface area contributed by atoms with Gasteiger partial charge in [-0.15, -0.1) is 0 Å². The number of furan rings is 1. The van der Waals surface area contributed by atoms with E-state index >= 15 is 0 Å².